The van der Waals surface area contributed by atoms with Gasteiger partial charge in [0.05, 0.1) is 65.7 Å². The summed E-state index contributed by atoms with van der Waals surface area (Å²) in [6.07, 6.45) is 5.01. The smallest absolute Gasteiger partial charge is 0.408 e. The molecule has 7 N–H and O–H groups in total. The number of carbonyl (C=O) groups excluding carboxylic acids is 3. The van der Waals surface area contributed by atoms with Crippen LogP contribution in [-0.4, -0.2) is 77.9 Å². The molecule has 0 saturated heterocycles. The molecule has 0 spiro atoms. The number of fused-ring (bicyclic) bond motifs is 1. The molecule has 256 valence electrons. The molecule has 2 aromatic rings. The van der Waals surface area contributed by atoms with E-state index in [1.54, 1.807) is 60.9 Å². The average Bonchev–Trinajstić information content (AvgIpc) is 3.66. The van der Waals surface area contributed by atoms with Crippen molar-refractivity contribution in [1.29, 1.82) is 10.5 Å². The maximum atomic E-state index is 12.5. The Hall–Kier alpha value is -3.82. The summed E-state index contributed by atoms with van der Waals surface area (Å²) in [7, 11) is 0. The standard InChI is InChI=1S/C16H19N5O2.C9H17NO3.C6H12N2O.ClH/c1-9(16(2,23)5-6-17)20-15(22)11-7-18-14-13(11)21-12(8-19-14)10-3-4-10;1-6(7(2)11)10-8(12)13-9(3,4)5;1-5(8)6(2,9)3-4-7;/h7-10,23H,3-5H2,1-2H3,(H,18,19)(H,20,22);6H,1-5H3,(H,10,12);5,9H,3,8H2,1-2H3;1H/t9-,16-;6-;5-,6-;/m111./s1. The summed E-state index contributed by atoms with van der Waals surface area (Å²) < 4.78 is 4.96. The number of halogens is 1. The molecule has 1 aliphatic carbocycles. The molecule has 15 heteroatoms. The quantitative estimate of drug-likeness (QED) is 0.226. The Morgan fingerprint density at radius 3 is 2.04 bits per heavy atom. The van der Waals surface area contributed by atoms with E-state index in [0.717, 1.165) is 18.5 Å². The largest absolute Gasteiger partial charge is 0.444 e. The van der Waals surface area contributed by atoms with Gasteiger partial charge in [-0.2, -0.15) is 10.5 Å². The Balaban J connectivity index is 0.000000750. The summed E-state index contributed by atoms with van der Waals surface area (Å²) in [5.74, 6) is 0.0167. The molecule has 2 heterocycles. The molecule has 5 atom stereocenters. The first-order chi connectivity index (χ1) is 20.6. The number of ether oxygens (including phenoxy) is 1. The van der Waals surface area contributed by atoms with Gasteiger partial charge in [-0.15, -0.1) is 12.4 Å². The minimum atomic E-state index is -1.29. The summed E-state index contributed by atoms with van der Waals surface area (Å²) in [6.45, 7) is 14.8. The van der Waals surface area contributed by atoms with Crippen LogP contribution in [-0.2, 0) is 9.53 Å². The van der Waals surface area contributed by atoms with Gasteiger partial charge in [0.15, 0.2) is 11.4 Å². The maximum Gasteiger partial charge on any atom is 0.408 e. The third-order valence-corrected chi connectivity index (χ3v) is 7.12. The lowest BCUT2D eigenvalue weighted by Crippen LogP contribution is -2.48. The van der Waals surface area contributed by atoms with Crippen molar-refractivity contribution in [2.24, 2.45) is 5.73 Å². The zero-order valence-electron chi connectivity index (χ0n) is 28.1. The van der Waals surface area contributed by atoms with Crippen LogP contribution in [0.2, 0.25) is 0 Å². The molecule has 14 nitrogen and oxygen atoms in total. The number of Topliss-reactive ketones (excluding diaryl/α,β-unsaturated/α-hetero) is 1. The van der Waals surface area contributed by atoms with Gasteiger partial charge in [-0.05, 0) is 75.2 Å². The second kappa shape index (κ2) is 17.8. The van der Waals surface area contributed by atoms with E-state index in [0.29, 0.717) is 22.6 Å². The fourth-order valence-corrected chi connectivity index (χ4v) is 3.30. The third-order valence-electron chi connectivity index (χ3n) is 7.12. The monoisotopic (exact) mass is 664 g/mol. The third kappa shape index (κ3) is 14.1. The number of aliphatic hydroxyl groups is 2. The van der Waals surface area contributed by atoms with Gasteiger partial charge in [0.2, 0.25) is 0 Å². The van der Waals surface area contributed by atoms with Crippen molar-refractivity contribution in [2.45, 2.75) is 129 Å². The van der Waals surface area contributed by atoms with E-state index in [9.17, 15) is 24.6 Å². The number of aromatic amines is 1. The normalized spacial score (nSPS) is 16.7. The number of nitrogens with zero attached hydrogens (tertiary/aromatic N) is 4. The van der Waals surface area contributed by atoms with Gasteiger partial charge in [0.1, 0.15) is 11.1 Å². The zero-order valence-corrected chi connectivity index (χ0v) is 28.9. The number of nitrogens with one attached hydrogen (secondary N) is 3. The highest BCUT2D eigenvalue weighted by Crippen LogP contribution is 2.39. The second-order valence-electron chi connectivity index (χ2n) is 12.8. The molecule has 0 unspecified atom stereocenters. The van der Waals surface area contributed by atoms with Crippen molar-refractivity contribution in [3.63, 3.8) is 0 Å². The molecule has 0 aliphatic heterocycles. The van der Waals surface area contributed by atoms with Gasteiger partial charge in [0.25, 0.3) is 5.91 Å². The molecule has 1 saturated carbocycles. The van der Waals surface area contributed by atoms with Crippen LogP contribution in [0.3, 0.4) is 0 Å². The Kier molecular flexibility index (Phi) is 16.3. The van der Waals surface area contributed by atoms with Crippen LogP contribution in [0.4, 0.5) is 4.79 Å². The van der Waals surface area contributed by atoms with Gasteiger partial charge in [-0.25, -0.2) is 14.8 Å². The van der Waals surface area contributed by atoms with E-state index in [2.05, 4.69) is 25.6 Å². The lowest BCUT2D eigenvalue weighted by atomic mass is 9.94. The molecule has 1 aliphatic rings. The predicted molar refractivity (Wildman–Crippen MR) is 175 cm³/mol. The lowest BCUT2D eigenvalue weighted by Gasteiger charge is -2.28. The molecule has 0 bridgehead atoms. The van der Waals surface area contributed by atoms with Crippen LogP contribution >= 0.6 is 12.4 Å². The Labute approximate surface area is 276 Å². The van der Waals surface area contributed by atoms with Crippen LogP contribution in [0, 0.1) is 22.7 Å². The Morgan fingerprint density at radius 1 is 1.07 bits per heavy atom. The fraction of sp³-hybridized carbons (Fsp3) is 0.645. The van der Waals surface area contributed by atoms with Crippen LogP contribution in [0.1, 0.15) is 110 Å². The molecule has 3 rings (SSSR count). The number of hydrogen-bond donors (Lipinski definition) is 6. The van der Waals surface area contributed by atoms with Gasteiger partial charge >= 0.3 is 6.09 Å². The lowest BCUT2D eigenvalue weighted by molar-refractivity contribution is -0.118. The Morgan fingerprint density at radius 2 is 1.61 bits per heavy atom. The van der Waals surface area contributed by atoms with E-state index >= 15 is 0 Å². The minimum Gasteiger partial charge on any atom is -0.444 e. The van der Waals surface area contributed by atoms with Crippen molar-refractivity contribution >= 4 is 41.4 Å². The van der Waals surface area contributed by atoms with Crippen molar-refractivity contribution in [3.05, 3.63) is 23.7 Å². The molecule has 2 aromatic heterocycles. The zero-order chi connectivity index (χ0) is 34.8. The summed E-state index contributed by atoms with van der Waals surface area (Å²) in [6, 6.07) is 2.37. The van der Waals surface area contributed by atoms with E-state index in [1.807, 2.05) is 12.1 Å². The second-order valence-corrected chi connectivity index (χ2v) is 12.8. The molecule has 0 radical (unpaired) electrons. The minimum absolute atomic E-state index is 0. The molecular weight excluding hydrogens is 616 g/mol. The first kappa shape index (κ1) is 42.2. The fourth-order valence-electron chi connectivity index (χ4n) is 3.30. The highest BCUT2D eigenvalue weighted by molar-refractivity contribution is 6.04. The van der Waals surface area contributed by atoms with Gasteiger partial charge in [-0.3, -0.25) is 9.59 Å². The van der Waals surface area contributed by atoms with Gasteiger partial charge in [0, 0.05) is 18.2 Å². The number of hydrogen-bond acceptors (Lipinski definition) is 11. The number of alkyl carbamates (subject to hydrolysis) is 1. The molecule has 46 heavy (non-hydrogen) atoms. The summed E-state index contributed by atoms with van der Waals surface area (Å²) in [5, 5.41) is 41.5. The maximum absolute atomic E-state index is 12.5. The summed E-state index contributed by atoms with van der Waals surface area (Å²) in [5.41, 5.74) is 4.92. The van der Waals surface area contributed by atoms with Crippen molar-refractivity contribution in [3.8, 4) is 12.1 Å². The van der Waals surface area contributed by atoms with E-state index < -0.39 is 35.0 Å². The number of rotatable bonds is 9. The first-order valence-corrected chi connectivity index (χ1v) is 14.7. The number of amides is 2. The van der Waals surface area contributed by atoms with Gasteiger partial charge < -0.3 is 36.3 Å². The highest BCUT2D eigenvalue weighted by atomic mass is 35.5. The number of H-pyrrole nitrogens is 1. The number of carbonyl (C=O) groups is 3. The van der Waals surface area contributed by atoms with Gasteiger partial charge in [-0.1, -0.05) is 0 Å². The molecule has 2 amide bonds. The van der Waals surface area contributed by atoms with Crippen molar-refractivity contribution in [2.75, 3.05) is 0 Å². The highest BCUT2D eigenvalue weighted by Gasteiger charge is 2.31. The first-order valence-electron chi connectivity index (χ1n) is 14.7. The predicted octanol–water partition coefficient (Wildman–Crippen LogP) is 3.53. The van der Waals surface area contributed by atoms with E-state index in [-0.39, 0.29) is 43.0 Å². The van der Waals surface area contributed by atoms with Crippen LogP contribution in [0.5, 0.6) is 0 Å². The number of nitrogens with two attached hydrogens (primary N) is 1. The van der Waals surface area contributed by atoms with E-state index in [4.69, 9.17) is 21.0 Å². The summed E-state index contributed by atoms with van der Waals surface area (Å²) in [4.78, 5) is 46.2. The number of ketones is 1. The Bertz CT molecular complexity index is 1400. The summed E-state index contributed by atoms with van der Waals surface area (Å²) >= 11 is 0. The average molecular weight is 665 g/mol. The molecule has 0 aromatic carbocycles. The van der Waals surface area contributed by atoms with Crippen molar-refractivity contribution < 1.29 is 29.3 Å². The van der Waals surface area contributed by atoms with Crippen LogP contribution in [0.15, 0.2) is 12.4 Å². The van der Waals surface area contributed by atoms with Crippen molar-refractivity contribution in [1.82, 2.24) is 25.6 Å². The van der Waals surface area contributed by atoms with Crippen LogP contribution < -0.4 is 16.4 Å². The molecule has 1 fully saturated rings. The van der Waals surface area contributed by atoms with E-state index in [1.165, 1.54) is 13.8 Å². The molecular formula is C31H49ClN8O6. The topological polar surface area (TPSA) is 240 Å². The number of nitriles is 2. The van der Waals surface area contributed by atoms with Crippen LogP contribution in [0.25, 0.3) is 11.2 Å². The SMILES string of the molecule is CC(=O)[C@@H](C)NC(=O)OC(C)(C)C.C[C@@H](N)[C@](C)(O)CC#N.C[C@@H](NC(=O)c1c[nH]c2ncc(C3CC3)nc12)[C@](C)(O)CC#N.Cl. The number of aromatic nitrogens is 3.